The number of rotatable bonds is 2. The fourth-order valence-electron chi connectivity index (χ4n) is 1.53. The predicted molar refractivity (Wildman–Crippen MR) is 58.5 cm³/mol. The topological polar surface area (TPSA) is 39.2 Å². The quantitative estimate of drug-likeness (QED) is 0.826. The molecule has 2 N–H and O–H groups in total. The third kappa shape index (κ3) is 1.51. The molecule has 0 aliphatic rings. The molecule has 0 saturated carbocycles. The first-order valence-corrected chi connectivity index (χ1v) is 5.03. The smallest absolute Gasteiger partial charge is 0.152 e. The predicted octanol–water partition coefficient (Wildman–Crippen LogP) is 3.11. The van der Waals surface area contributed by atoms with Crippen LogP contribution in [-0.2, 0) is 13.0 Å². The van der Waals surface area contributed by atoms with Crippen molar-refractivity contribution in [1.29, 1.82) is 0 Å². The van der Waals surface area contributed by atoms with Crippen LogP contribution in [0.5, 0.6) is 0 Å². The van der Waals surface area contributed by atoms with Crippen LogP contribution in [-0.4, -0.2) is 0 Å². The highest BCUT2D eigenvalue weighted by molar-refractivity contribution is 6.34. The van der Waals surface area contributed by atoms with Gasteiger partial charge in [0.05, 0.1) is 11.6 Å². The molecule has 1 heterocycles. The number of hydrogen-bond acceptors (Lipinski definition) is 2. The zero-order valence-electron chi connectivity index (χ0n) is 8.01. The van der Waals surface area contributed by atoms with Crippen LogP contribution in [0.4, 0.5) is 0 Å². The highest BCUT2D eigenvalue weighted by Gasteiger charge is 2.07. The number of hydrogen-bond donors (Lipinski definition) is 1. The molecule has 0 bridgehead atoms. The molecule has 0 unspecified atom stereocenters. The summed E-state index contributed by atoms with van der Waals surface area (Å²) < 4.78 is 5.49. The zero-order valence-corrected chi connectivity index (χ0v) is 8.77. The van der Waals surface area contributed by atoms with Crippen LogP contribution in [0.15, 0.2) is 22.6 Å². The van der Waals surface area contributed by atoms with Crippen LogP contribution in [0, 0.1) is 0 Å². The van der Waals surface area contributed by atoms with Gasteiger partial charge in [-0.2, -0.15) is 0 Å². The zero-order chi connectivity index (χ0) is 10.1. The lowest BCUT2D eigenvalue weighted by Gasteiger charge is -1.97. The Balaban J connectivity index is 2.67. The number of aryl methyl sites for hydroxylation is 1. The van der Waals surface area contributed by atoms with Crippen molar-refractivity contribution in [2.24, 2.45) is 5.73 Å². The molecule has 0 saturated heterocycles. The van der Waals surface area contributed by atoms with Gasteiger partial charge in [-0.05, 0) is 30.2 Å². The minimum atomic E-state index is 0.409. The maximum absolute atomic E-state index is 6.08. The van der Waals surface area contributed by atoms with Crippen LogP contribution in [0.25, 0.3) is 11.0 Å². The van der Waals surface area contributed by atoms with Crippen molar-refractivity contribution in [2.45, 2.75) is 19.9 Å². The molecule has 1 aromatic carbocycles. The molecule has 0 spiro atoms. The maximum Gasteiger partial charge on any atom is 0.152 e. The molecule has 0 amide bonds. The molecule has 2 aromatic rings. The van der Waals surface area contributed by atoms with Gasteiger partial charge in [-0.25, -0.2) is 0 Å². The molecule has 74 valence electrons. The van der Waals surface area contributed by atoms with Gasteiger partial charge < -0.3 is 10.2 Å². The second kappa shape index (κ2) is 3.64. The van der Waals surface area contributed by atoms with Gasteiger partial charge in [-0.15, -0.1) is 0 Å². The summed E-state index contributed by atoms with van der Waals surface area (Å²) >= 11 is 6.08. The van der Waals surface area contributed by atoms with Gasteiger partial charge in [0.1, 0.15) is 5.76 Å². The van der Waals surface area contributed by atoms with Gasteiger partial charge in [0, 0.05) is 5.39 Å². The molecule has 0 atom stereocenters. The lowest BCUT2D eigenvalue weighted by molar-refractivity contribution is 0.552. The van der Waals surface area contributed by atoms with Crippen molar-refractivity contribution in [3.05, 3.63) is 34.5 Å². The van der Waals surface area contributed by atoms with Gasteiger partial charge in [0.2, 0.25) is 0 Å². The van der Waals surface area contributed by atoms with Gasteiger partial charge in [0.15, 0.2) is 5.58 Å². The fraction of sp³-hybridized carbons (Fsp3) is 0.273. The fourth-order valence-corrected chi connectivity index (χ4v) is 1.81. The SMILES string of the molecule is CCc1cc(Cl)c2oc(CN)cc2c1. The van der Waals surface area contributed by atoms with E-state index in [1.807, 2.05) is 12.1 Å². The van der Waals surface area contributed by atoms with Crippen molar-refractivity contribution in [3.8, 4) is 0 Å². The second-order valence-electron chi connectivity index (χ2n) is 3.27. The Labute approximate surface area is 87.6 Å². The lowest BCUT2D eigenvalue weighted by atomic mass is 10.1. The van der Waals surface area contributed by atoms with Crippen molar-refractivity contribution in [2.75, 3.05) is 0 Å². The Kier molecular flexibility index (Phi) is 2.48. The summed E-state index contributed by atoms with van der Waals surface area (Å²) in [6.07, 6.45) is 0.971. The molecule has 1 aromatic heterocycles. The molecule has 0 radical (unpaired) electrons. The molecule has 0 aliphatic carbocycles. The Morgan fingerprint density at radius 2 is 2.14 bits per heavy atom. The van der Waals surface area contributed by atoms with Crippen LogP contribution >= 0.6 is 11.6 Å². The maximum atomic E-state index is 6.08. The van der Waals surface area contributed by atoms with E-state index in [1.165, 1.54) is 5.56 Å². The molecule has 2 nitrogen and oxygen atoms in total. The van der Waals surface area contributed by atoms with Crippen molar-refractivity contribution in [1.82, 2.24) is 0 Å². The summed E-state index contributed by atoms with van der Waals surface area (Å²) in [7, 11) is 0. The van der Waals surface area contributed by atoms with Gasteiger partial charge in [0.25, 0.3) is 0 Å². The molecular formula is C11H12ClNO. The first kappa shape index (κ1) is 9.56. The molecular weight excluding hydrogens is 198 g/mol. The van der Waals surface area contributed by atoms with E-state index in [0.717, 1.165) is 23.2 Å². The number of furan rings is 1. The van der Waals surface area contributed by atoms with E-state index < -0.39 is 0 Å². The molecule has 14 heavy (non-hydrogen) atoms. The highest BCUT2D eigenvalue weighted by Crippen LogP contribution is 2.28. The molecule has 0 fully saturated rings. The number of nitrogens with two attached hydrogens (primary N) is 1. The van der Waals surface area contributed by atoms with E-state index in [1.54, 1.807) is 0 Å². The normalized spacial score (nSPS) is 11.1. The van der Waals surface area contributed by atoms with Crippen LogP contribution < -0.4 is 5.73 Å². The minimum absolute atomic E-state index is 0.409. The molecule has 0 aliphatic heterocycles. The summed E-state index contributed by atoms with van der Waals surface area (Å²) in [6, 6.07) is 5.97. The Morgan fingerprint density at radius 3 is 2.79 bits per heavy atom. The summed E-state index contributed by atoms with van der Waals surface area (Å²) in [5, 5.41) is 1.70. The number of benzene rings is 1. The molecule has 3 heteroatoms. The van der Waals surface area contributed by atoms with Crippen LogP contribution in [0.1, 0.15) is 18.2 Å². The average Bonchev–Trinajstić information content (AvgIpc) is 2.61. The van der Waals surface area contributed by atoms with E-state index in [-0.39, 0.29) is 0 Å². The van der Waals surface area contributed by atoms with Crippen molar-refractivity contribution >= 4 is 22.6 Å². The van der Waals surface area contributed by atoms with Gasteiger partial charge in [-0.1, -0.05) is 18.5 Å². The first-order valence-electron chi connectivity index (χ1n) is 4.65. The first-order chi connectivity index (χ1) is 6.74. The Morgan fingerprint density at radius 1 is 1.36 bits per heavy atom. The second-order valence-corrected chi connectivity index (χ2v) is 3.67. The Hall–Kier alpha value is -0.990. The Bertz CT molecular complexity index is 462. The largest absolute Gasteiger partial charge is 0.458 e. The summed E-state index contributed by atoms with van der Waals surface area (Å²) in [4.78, 5) is 0. The van der Waals surface area contributed by atoms with E-state index in [2.05, 4.69) is 13.0 Å². The minimum Gasteiger partial charge on any atom is -0.458 e. The van der Waals surface area contributed by atoms with E-state index in [0.29, 0.717) is 11.6 Å². The summed E-state index contributed by atoms with van der Waals surface area (Å²) in [5.41, 5.74) is 7.45. The summed E-state index contributed by atoms with van der Waals surface area (Å²) in [5.74, 6) is 0.773. The van der Waals surface area contributed by atoms with E-state index >= 15 is 0 Å². The third-order valence-electron chi connectivity index (χ3n) is 2.29. The van der Waals surface area contributed by atoms with Gasteiger partial charge in [-0.3, -0.25) is 0 Å². The van der Waals surface area contributed by atoms with Gasteiger partial charge >= 0.3 is 0 Å². The lowest BCUT2D eigenvalue weighted by Crippen LogP contribution is -1.92. The van der Waals surface area contributed by atoms with E-state index in [9.17, 15) is 0 Å². The van der Waals surface area contributed by atoms with Crippen molar-refractivity contribution < 1.29 is 4.42 Å². The highest BCUT2D eigenvalue weighted by atomic mass is 35.5. The number of fused-ring (bicyclic) bond motifs is 1. The van der Waals surface area contributed by atoms with Crippen LogP contribution in [0.3, 0.4) is 0 Å². The standard InChI is InChI=1S/C11H12ClNO/c1-2-7-3-8-5-9(6-13)14-11(8)10(12)4-7/h3-5H,2,6,13H2,1H3. The van der Waals surface area contributed by atoms with E-state index in [4.69, 9.17) is 21.8 Å². The van der Waals surface area contributed by atoms with Crippen molar-refractivity contribution in [3.63, 3.8) is 0 Å². The summed E-state index contributed by atoms with van der Waals surface area (Å²) in [6.45, 7) is 2.51. The molecule has 2 rings (SSSR count). The number of halogens is 1. The van der Waals surface area contributed by atoms with Crippen LogP contribution in [0.2, 0.25) is 5.02 Å². The third-order valence-corrected chi connectivity index (χ3v) is 2.57. The monoisotopic (exact) mass is 209 g/mol. The average molecular weight is 210 g/mol.